The topological polar surface area (TPSA) is 33.1 Å². The van der Waals surface area contributed by atoms with Crippen molar-refractivity contribution < 1.29 is 5.11 Å². The van der Waals surface area contributed by atoms with E-state index in [1.807, 2.05) is 12.1 Å². The Hall–Kier alpha value is -1.67. The summed E-state index contributed by atoms with van der Waals surface area (Å²) in [6, 6.07) is 10.1. The molecule has 1 aromatic carbocycles. The van der Waals surface area contributed by atoms with E-state index in [1.165, 1.54) is 30.4 Å². The zero-order valence-corrected chi connectivity index (χ0v) is 10.3. The number of hydrogen-bond acceptors (Lipinski definition) is 2. The molecule has 0 saturated heterocycles. The number of nitrogens with zero attached hydrogens (tertiary/aromatic N) is 1. The number of aromatic nitrogens is 1. The molecule has 1 aliphatic rings. The van der Waals surface area contributed by atoms with Gasteiger partial charge in [0.1, 0.15) is 6.10 Å². The molecule has 0 saturated carbocycles. The predicted molar refractivity (Wildman–Crippen MR) is 71.4 cm³/mol. The van der Waals surface area contributed by atoms with Crippen molar-refractivity contribution in [2.75, 3.05) is 0 Å². The fraction of sp³-hybridized carbons (Fsp3) is 0.312. The number of fused-ring (bicyclic) bond motifs is 1. The van der Waals surface area contributed by atoms with Crippen LogP contribution in [0.4, 0.5) is 0 Å². The quantitative estimate of drug-likeness (QED) is 0.873. The van der Waals surface area contributed by atoms with E-state index in [0.29, 0.717) is 0 Å². The number of pyridine rings is 1. The Bertz CT molecular complexity index is 536. The van der Waals surface area contributed by atoms with Gasteiger partial charge in [-0.3, -0.25) is 4.98 Å². The molecule has 1 atom stereocenters. The third-order valence-corrected chi connectivity index (χ3v) is 3.71. The minimum absolute atomic E-state index is 0.541. The first-order valence-electron chi connectivity index (χ1n) is 6.54. The summed E-state index contributed by atoms with van der Waals surface area (Å²) in [5, 5.41) is 10.4. The van der Waals surface area contributed by atoms with Gasteiger partial charge in [-0.15, -0.1) is 0 Å². The number of aliphatic hydroxyl groups is 1. The molecule has 1 N–H and O–H groups in total. The molecule has 0 bridgehead atoms. The summed E-state index contributed by atoms with van der Waals surface area (Å²) >= 11 is 0. The Balaban J connectivity index is 1.93. The van der Waals surface area contributed by atoms with Gasteiger partial charge in [-0.2, -0.15) is 0 Å². The molecular weight excluding hydrogens is 222 g/mol. The van der Waals surface area contributed by atoms with Crippen LogP contribution in [-0.2, 0) is 12.8 Å². The Labute approximate surface area is 107 Å². The largest absolute Gasteiger partial charge is 0.384 e. The van der Waals surface area contributed by atoms with Crippen LogP contribution in [-0.4, -0.2) is 10.1 Å². The lowest BCUT2D eigenvalue weighted by atomic mass is 9.89. The summed E-state index contributed by atoms with van der Waals surface area (Å²) in [5.41, 5.74) is 4.75. The number of aryl methyl sites for hydroxylation is 2. The molecule has 0 amide bonds. The molecule has 0 spiro atoms. The molecule has 2 aromatic rings. The fourth-order valence-electron chi connectivity index (χ4n) is 2.66. The molecule has 1 aliphatic carbocycles. The summed E-state index contributed by atoms with van der Waals surface area (Å²) < 4.78 is 0. The van der Waals surface area contributed by atoms with Gasteiger partial charge in [-0.1, -0.05) is 18.2 Å². The van der Waals surface area contributed by atoms with Gasteiger partial charge < -0.3 is 5.11 Å². The highest BCUT2D eigenvalue weighted by Crippen LogP contribution is 2.27. The zero-order chi connectivity index (χ0) is 12.4. The lowest BCUT2D eigenvalue weighted by molar-refractivity contribution is 0.220. The molecule has 18 heavy (non-hydrogen) atoms. The molecule has 0 fully saturated rings. The van der Waals surface area contributed by atoms with E-state index >= 15 is 0 Å². The SMILES string of the molecule is OC(c1ccncc1)c1ccc2c(c1)CCCC2. The number of benzene rings is 1. The lowest BCUT2D eigenvalue weighted by Gasteiger charge is -2.18. The van der Waals surface area contributed by atoms with Crippen molar-refractivity contribution in [3.63, 3.8) is 0 Å². The number of aliphatic hydroxyl groups excluding tert-OH is 1. The van der Waals surface area contributed by atoms with Gasteiger partial charge in [0.2, 0.25) is 0 Å². The average molecular weight is 239 g/mol. The molecule has 1 heterocycles. The Morgan fingerprint density at radius 3 is 2.39 bits per heavy atom. The number of rotatable bonds is 2. The van der Waals surface area contributed by atoms with Crippen LogP contribution < -0.4 is 0 Å². The first kappa shape index (κ1) is 11.4. The molecule has 3 rings (SSSR count). The Morgan fingerprint density at radius 2 is 1.61 bits per heavy atom. The third kappa shape index (κ3) is 2.16. The summed E-state index contributed by atoms with van der Waals surface area (Å²) in [6.07, 6.45) is 7.78. The molecule has 92 valence electrons. The van der Waals surface area contributed by atoms with Crippen molar-refractivity contribution in [3.8, 4) is 0 Å². The van der Waals surface area contributed by atoms with Gasteiger partial charge in [0.25, 0.3) is 0 Å². The van der Waals surface area contributed by atoms with Crippen LogP contribution in [0.1, 0.15) is 41.2 Å². The predicted octanol–water partition coefficient (Wildman–Crippen LogP) is 3.04. The molecule has 2 nitrogen and oxygen atoms in total. The second-order valence-corrected chi connectivity index (χ2v) is 4.92. The third-order valence-electron chi connectivity index (χ3n) is 3.71. The first-order chi connectivity index (χ1) is 8.84. The zero-order valence-electron chi connectivity index (χ0n) is 10.3. The van der Waals surface area contributed by atoms with Crippen molar-refractivity contribution in [2.45, 2.75) is 31.8 Å². The monoisotopic (exact) mass is 239 g/mol. The highest BCUT2D eigenvalue weighted by molar-refractivity contribution is 5.37. The van der Waals surface area contributed by atoms with Gasteiger partial charge in [-0.25, -0.2) is 0 Å². The lowest BCUT2D eigenvalue weighted by Crippen LogP contribution is -2.06. The number of hydrogen-bond donors (Lipinski definition) is 1. The van der Waals surface area contributed by atoms with Crippen LogP contribution >= 0.6 is 0 Å². The normalized spacial score (nSPS) is 16.1. The maximum atomic E-state index is 10.4. The molecular formula is C16H17NO. The second-order valence-electron chi connectivity index (χ2n) is 4.92. The van der Waals surface area contributed by atoms with Crippen molar-refractivity contribution in [2.24, 2.45) is 0 Å². The van der Waals surface area contributed by atoms with Gasteiger partial charge >= 0.3 is 0 Å². The summed E-state index contributed by atoms with van der Waals surface area (Å²) in [7, 11) is 0. The minimum atomic E-state index is -0.541. The molecule has 0 radical (unpaired) electrons. The van der Waals surface area contributed by atoms with Crippen molar-refractivity contribution >= 4 is 0 Å². The van der Waals surface area contributed by atoms with Crippen molar-refractivity contribution in [3.05, 3.63) is 65.0 Å². The van der Waals surface area contributed by atoms with E-state index in [9.17, 15) is 5.11 Å². The van der Waals surface area contributed by atoms with E-state index in [0.717, 1.165) is 17.5 Å². The van der Waals surface area contributed by atoms with Crippen LogP contribution in [0, 0.1) is 0 Å². The maximum Gasteiger partial charge on any atom is 0.104 e. The van der Waals surface area contributed by atoms with E-state index in [1.54, 1.807) is 12.4 Å². The highest BCUT2D eigenvalue weighted by atomic mass is 16.3. The minimum Gasteiger partial charge on any atom is -0.384 e. The van der Waals surface area contributed by atoms with Gasteiger partial charge in [0.15, 0.2) is 0 Å². The summed E-state index contributed by atoms with van der Waals surface area (Å²) in [4.78, 5) is 3.98. The van der Waals surface area contributed by atoms with Gasteiger partial charge in [-0.05, 0) is 60.1 Å². The average Bonchev–Trinajstić information content (AvgIpc) is 2.47. The first-order valence-corrected chi connectivity index (χ1v) is 6.54. The van der Waals surface area contributed by atoms with Crippen LogP contribution in [0.2, 0.25) is 0 Å². The molecule has 0 aliphatic heterocycles. The van der Waals surface area contributed by atoms with E-state index in [4.69, 9.17) is 0 Å². The van der Waals surface area contributed by atoms with Crippen LogP contribution in [0.3, 0.4) is 0 Å². The van der Waals surface area contributed by atoms with Crippen molar-refractivity contribution in [1.29, 1.82) is 0 Å². The Morgan fingerprint density at radius 1 is 0.889 bits per heavy atom. The fourth-order valence-corrected chi connectivity index (χ4v) is 2.66. The summed E-state index contributed by atoms with van der Waals surface area (Å²) in [6.45, 7) is 0. The summed E-state index contributed by atoms with van der Waals surface area (Å²) in [5.74, 6) is 0. The second kappa shape index (κ2) is 4.91. The Kier molecular flexibility index (Phi) is 3.11. The van der Waals surface area contributed by atoms with Crippen molar-refractivity contribution in [1.82, 2.24) is 4.98 Å². The molecule has 1 unspecified atom stereocenters. The van der Waals surface area contributed by atoms with Crippen LogP contribution in [0.5, 0.6) is 0 Å². The molecule has 1 aromatic heterocycles. The standard InChI is InChI=1S/C16H17NO/c18-16(13-7-9-17-10-8-13)15-6-5-12-3-1-2-4-14(12)11-15/h5-11,16,18H,1-4H2. The van der Waals surface area contributed by atoms with Gasteiger partial charge in [0, 0.05) is 12.4 Å². The molecule has 2 heteroatoms. The van der Waals surface area contributed by atoms with Crippen LogP contribution in [0.15, 0.2) is 42.7 Å². The van der Waals surface area contributed by atoms with E-state index < -0.39 is 6.10 Å². The smallest absolute Gasteiger partial charge is 0.104 e. The maximum absolute atomic E-state index is 10.4. The van der Waals surface area contributed by atoms with Crippen LogP contribution in [0.25, 0.3) is 0 Å². The van der Waals surface area contributed by atoms with Gasteiger partial charge in [0.05, 0.1) is 0 Å². The van der Waals surface area contributed by atoms with E-state index in [2.05, 4.69) is 23.2 Å². The highest BCUT2D eigenvalue weighted by Gasteiger charge is 2.14. The van der Waals surface area contributed by atoms with E-state index in [-0.39, 0.29) is 0 Å².